The first-order chi connectivity index (χ1) is 11.4. The van der Waals surface area contributed by atoms with Crippen LogP contribution in [0.5, 0.6) is 0 Å². The maximum atomic E-state index is 13.1. The van der Waals surface area contributed by atoms with E-state index in [1.54, 1.807) is 37.3 Å². The molecule has 6 heteroatoms. The lowest BCUT2D eigenvalue weighted by Crippen LogP contribution is -2.41. The van der Waals surface area contributed by atoms with Crippen LogP contribution >= 0.6 is 0 Å². The Labute approximate surface area is 143 Å². The lowest BCUT2D eigenvalue weighted by atomic mass is 10.1. The third kappa shape index (κ3) is 3.76. The summed E-state index contributed by atoms with van der Waals surface area (Å²) >= 11 is 0. The van der Waals surface area contributed by atoms with Crippen molar-refractivity contribution in [3.8, 4) is 0 Å². The van der Waals surface area contributed by atoms with Gasteiger partial charge in [0.1, 0.15) is 6.54 Å². The second kappa shape index (κ2) is 7.49. The maximum absolute atomic E-state index is 13.1. The molecular formula is C18H22N2O3S. The fourth-order valence-corrected chi connectivity index (χ4v) is 3.91. The van der Waals surface area contributed by atoms with Crippen molar-refractivity contribution in [1.82, 2.24) is 5.32 Å². The van der Waals surface area contributed by atoms with E-state index in [1.807, 2.05) is 19.9 Å². The summed E-state index contributed by atoms with van der Waals surface area (Å²) < 4.78 is 27.3. The number of nitrogens with zero attached hydrogens (tertiary/aromatic N) is 1. The van der Waals surface area contributed by atoms with Crippen molar-refractivity contribution in [2.24, 2.45) is 0 Å². The molecule has 0 bridgehead atoms. The van der Waals surface area contributed by atoms with Crippen LogP contribution in [0.3, 0.4) is 0 Å². The number of carbonyl (C=O) groups is 1. The van der Waals surface area contributed by atoms with Crippen molar-refractivity contribution >= 4 is 21.6 Å². The van der Waals surface area contributed by atoms with Crippen LogP contribution in [0, 0.1) is 13.8 Å². The van der Waals surface area contributed by atoms with Gasteiger partial charge in [0.2, 0.25) is 5.91 Å². The molecule has 0 fully saturated rings. The van der Waals surface area contributed by atoms with E-state index in [1.165, 1.54) is 16.4 Å². The Balaban J connectivity index is 2.55. The summed E-state index contributed by atoms with van der Waals surface area (Å²) in [4.78, 5) is 12.2. The molecule has 0 aliphatic carbocycles. The van der Waals surface area contributed by atoms with E-state index in [0.717, 1.165) is 11.1 Å². The highest BCUT2D eigenvalue weighted by Crippen LogP contribution is 2.28. The second-order valence-electron chi connectivity index (χ2n) is 5.50. The largest absolute Gasteiger partial charge is 0.355 e. The van der Waals surface area contributed by atoms with Gasteiger partial charge in [0, 0.05) is 6.54 Å². The van der Waals surface area contributed by atoms with Gasteiger partial charge in [-0.3, -0.25) is 9.10 Å². The molecule has 0 spiro atoms. The number of amides is 1. The van der Waals surface area contributed by atoms with Crippen LogP contribution in [0.15, 0.2) is 53.4 Å². The summed E-state index contributed by atoms with van der Waals surface area (Å²) in [7, 11) is -3.83. The molecule has 1 amide bonds. The topological polar surface area (TPSA) is 66.5 Å². The molecule has 0 atom stereocenters. The number of likely N-dealkylation sites (N-methyl/N-ethyl adjacent to an activating group) is 1. The normalized spacial score (nSPS) is 11.1. The van der Waals surface area contributed by atoms with E-state index >= 15 is 0 Å². The summed E-state index contributed by atoms with van der Waals surface area (Å²) in [5.41, 5.74) is 2.32. The number of rotatable bonds is 6. The number of carbonyl (C=O) groups excluding carboxylic acids is 1. The van der Waals surface area contributed by atoms with Gasteiger partial charge in [-0.2, -0.15) is 0 Å². The zero-order chi connectivity index (χ0) is 17.7. The molecule has 0 aliphatic rings. The smallest absolute Gasteiger partial charge is 0.264 e. The predicted octanol–water partition coefficient (Wildman–Crippen LogP) is 2.63. The summed E-state index contributed by atoms with van der Waals surface area (Å²) in [5, 5.41) is 2.66. The van der Waals surface area contributed by atoms with Crippen LogP contribution in [0.4, 0.5) is 5.69 Å². The van der Waals surface area contributed by atoms with E-state index in [4.69, 9.17) is 0 Å². The van der Waals surface area contributed by atoms with Gasteiger partial charge in [-0.25, -0.2) is 8.42 Å². The van der Waals surface area contributed by atoms with Gasteiger partial charge in [0.15, 0.2) is 0 Å². The van der Waals surface area contributed by atoms with E-state index in [-0.39, 0.29) is 17.3 Å². The highest BCUT2D eigenvalue weighted by Gasteiger charge is 2.28. The second-order valence-corrected chi connectivity index (χ2v) is 7.36. The van der Waals surface area contributed by atoms with E-state index in [0.29, 0.717) is 12.2 Å². The summed E-state index contributed by atoms with van der Waals surface area (Å²) in [5.74, 6) is -0.335. The van der Waals surface area contributed by atoms with Crippen molar-refractivity contribution in [1.29, 1.82) is 0 Å². The Morgan fingerprint density at radius 3 is 2.33 bits per heavy atom. The summed E-state index contributed by atoms with van der Waals surface area (Å²) in [6.07, 6.45) is 0. The lowest BCUT2D eigenvalue weighted by molar-refractivity contribution is -0.119. The molecule has 0 saturated carbocycles. The Morgan fingerprint density at radius 1 is 1.04 bits per heavy atom. The quantitative estimate of drug-likeness (QED) is 0.874. The standard InChI is InChI=1S/C18H22N2O3S/c1-4-19-18(21)13-20(17-12-8-9-14(2)15(17)3)24(22,23)16-10-6-5-7-11-16/h5-12H,4,13H2,1-3H3,(H,19,21). The van der Waals surface area contributed by atoms with E-state index in [9.17, 15) is 13.2 Å². The third-order valence-corrected chi connectivity index (χ3v) is 5.61. The molecule has 0 aromatic heterocycles. The third-order valence-electron chi connectivity index (χ3n) is 3.84. The van der Waals surface area contributed by atoms with Gasteiger partial charge >= 0.3 is 0 Å². The van der Waals surface area contributed by atoms with Gasteiger partial charge in [-0.05, 0) is 50.1 Å². The molecule has 5 nitrogen and oxygen atoms in total. The summed E-state index contributed by atoms with van der Waals surface area (Å²) in [6, 6.07) is 13.6. The number of benzene rings is 2. The SMILES string of the molecule is CCNC(=O)CN(c1cccc(C)c1C)S(=O)(=O)c1ccccc1. The summed E-state index contributed by atoms with van der Waals surface area (Å²) in [6.45, 7) is 5.76. The van der Waals surface area contributed by atoms with E-state index < -0.39 is 10.0 Å². The molecule has 2 aromatic rings. The van der Waals surface area contributed by atoms with E-state index in [2.05, 4.69) is 5.32 Å². The van der Waals surface area contributed by atoms with Gasteiger partial charge in [-0.1, -0.05) is 30.3 Å². The Hall–Kier alpha value is -2.34. The number of aryl methyl sites for hydroxylation is 1. The average Bonchev–Trinajstić information content (AvgIpc) is 2.56. The molecule has 2 rings (SSSR count). The highest BCUT2D eigenvalue weighted by molar-refractivity contribution is 7.92. The van der Waals surface area contributed by atoms with Crippen LogP contribution < -0.4 is 9.62 Å². The number of hydrogen-bond donors (Lipinski definition) is 1. The molecule has 0 heterocycles. The Morgan fingerprint density at radius 2 is 1.71 bits per heavy atom. The molecule has 0 unspecified atom stereocenters. The molecular weight excluding hydrogens is 324 g/mol. The van der Waals surface area contributed by atoms with Crippen LogP contribution in [0.25, 0.3) is 0 Å². The van der Waals surface area contributed by atoms with Gasteiger partial charge in [0.05, 0.1) is 10.6 Å². The monoisotopic (exact) mass is 346 g/mol. The van der Waals surface area contributed by atoms with Gasteiger partial charge < -0.3 is 5.32 Å². The van der Waals surface area contributed by atoms with Gasteiger partial charge in [0.25, 0.3) is 10.0 Å². The van der Waals surface area contributed by atoms with Crippen LogP contribution in [-0.2, 0) is 14.8 Å². The molecule has 24 heavy (non-hydrogen) atoms. The fraction of sp³-hybridized carbons (Fsp3) is 0.278. The molecule has 0 radical (unpaired) electrons. The first-order valence-corrected chi connectivity index (χ1v) is 9.22. The number of hydrogen-bond acceptors (Lipinski definition) is 3. The number of anilines is 1. The number of sulfonamides is 1. The fourth-order valence-electron chi connectivity index (χ4n) is 2.41. The molecule has 128 valence electrons. The van der Waals surface area contributed by atoms with Crippen molar-refractivity contribution in [2.45, 2.75) is 25.7 Å². The molecule has 1 N–H and O–H groups in total. The predicted molar refractivity (Wildman–Crippen MR) is 95.6 cm³/mol. The first kappa shape index (κ1) is 18.0. The Bertz CT molecular complexity index is 817. The van der Waals surface area contributed by atoms with Crippen molar-refractivity contribution in [3.05, 3.63) is 59.7 Å². The lowest BCUT2D eigenvalue weighted by Gasteiger charge is -2.26. The van der Waals surface area contributed by atoms with Crippen LogP contribution in [-0.4, -0.2) is 27.4 Å². The number of nitrogens with one attached hydrogen (secondary N) is 1. The minimum absolute atomic E-state index is 0.162. The zero-order valence-corrected chi connectivity index (χ0v) is 14.9. The Kier molecular flexibility index (Phi) is 5.62. The maximum Gasteiger partial charge on any atom is 0.264 e. The van der Waals surface area contributed by atoms with Crippen molar-refractivity contribution < 1.29 is 13.2 Å². The van der Waals surface area contributed by atoms with Gasteiger partial charge in [-0.15, -0.1) is 0 Å². The molecule has 2 aromatic carbocycles. The first-order valence-electron chi connectivity index (χ1n) is 7.78. The highest BCUT2D eigenvalue weighted by atomic mass is 32.2. The minimum atomic E-state index is -3.83. The van der Waals surface area contributed by atoms with Crippen molar-refractivity contribution in [3.63, 3.8) is 0 Å². The molecule has 0 aliphatic heterocycles. The average molecular weight is 346 g/mol. The minimum Gasteiger partial charge on any atom is -0.355 e. The van der Waals surface area contributed by atoms with Crippen LogP contribution in [0.1, 0.15) is 18.1 Å². The zero-order valence-electron chi connectivity index (χ0n) is 14.1. The van der Waals surface area contributed by atoms with Crippen molar-refractivity contribution in [2.75, 3.05) is 17.4 Å². The van der Waals surface area contributed by atoms with Crippen LogP contribution in [0.2, 0.25) is 0 Å². The molecule has 0 saturated heterocycles.